The van der Waals surface area contributed by atoms with Crippen molar-refractivity contribution >= 4 is 45.8 Å². The van der Waals surface area contributed by atoms with Crippen LogP contribution in [-0.2, 0) is 19.2 Å². The van der Waals surface area contributed by atoms with Crippen molar-refractivity contribution in [3.63, 3.8) is 0 Å². The van der Waals surface area contributed by atoms with Gasteiger partial charge in [0.2, 0.25) is 17.7 Å². The average Bonchev–Trinajstić information content (AvgIpc) is 3.41. The highest BCUT2D eigenvalue weighted by atomic mass is 16.5. The molecule has 3 aromatic rings. The molecule has 0 radical (unpaired) electrons. The SMILES string of the molecule is O=C(Oc1ccc(N2C(=O)[C@@H]3CC=CC[C@H]3C2=O)cc1)[C@@H]1CC(=O)N(c2cccc3ccccc23)C1. The first kappa shape index (κ1) is 22.2. The van der Waals surface area contributed by atoms with Crippen molar-refractivity contribution in [1.82, 2.24) is 0 Å². The summed E-state index contributed by atoms with van der Waals surface area (Å²) in [5.41, 5.74) is 1.26. The minimum Gasteiger partial charge on any atom is -0.426 e. The minimum atomic E-state index is -0.589. The average molecular weight is 481 g/mol. The fraction of sp³-hybridized carbons (Fsp3) is 0.241. The number of rotatable bonds is 4. The van der Waals surface area contributed by atoms with Crippen molar-refractivity contribution < 1.29 is 23.9 Å². The summed E-state index contributed by atoms with van der Waals surface area (Å²) in [6.07, 6.45) is 5.14. The van der Waals surface area contributed by atoms with Gasteiger partial charge >= 0.3 is 5.97 Å². The summed E-state index contributed by atoms with van der Waals surface area (Å²) < 4.78 is 5.57. The molecule has 2 aliphatic heterocycles. The van der Waals surface area contributed by atoms with Crippen LogP contribution in [0.5, 0.6) is 5.75 Å². The first-order chi connectivity index (χ1) is 17.5. The van der Waals surface area contributed by atoms with E-state index in [9.17, 15) is 19.2 Å². The van der Waals surface area contributed by atoms with Gasteiger partial charge in [-0.3, -0.25) is 24.1 Å². The van der Waals surface area contributed by atoms with Crippen LogP contribution < -0.4 is 14.5 Å². The normalized spacial score (nSPS) is 23.4. The number of ether oxygens (including phenoxy) is 1. The van der Waals surface area contributed by atoms with Gasteiger partial charge in [0.15, 0.2) is 0 Å². The number of hydrogen-bond donors (Lipinski definition) is 0. The van der Waals surface area contributed by atoms with Crippen LogP contribution in [-0.4, -0.2) is 30.2 Å². The number of fused-ring (bicyclic) bond motifs is 2. The van der Waals surface area contributed by atoms with E-state index in [1.807, 2.05) is 54.6 Å². The molecule has 2 fully saturated rings. The van der Waals surface area contributed by atoms with Gasteiger partial charge in [-0.15, -0.1) is 0 Å². The summed E-state index contributed by atoms with van der Waals surface area (Å²) in [5, 5.41) is 1.99. The predicted octanol–water partition coefficient (Wildman–Crippen LogP) is 4.25. The molecule has 0 N–H and O–H groups in total. The molecule has 0 unspecified atom stereocenters. The lowest BCUT2D eigenvalue weighted by molar-refractivity contribution is -0.139. The van der Waals surface area contributed by atoms with Crippen LogP contribution in [0.2, 0.25) is 0 Å². The summed E-state index contributed by atoms with van der Waals surface area (Å²) in [5.74, 6) is -1.86. The lowest BCUT2D eigenvalue weighted by atomic mass is 9.85. The monoisotopic (exact) mass is 480 g/mol. The summed E-state index contributed by atoms with van der Waals surface area (Å²) in [6, 6.07) is 20.0. The van der Waals surface area contributed by atoms with Gasteiger partial charge in [-0.2, -0.15) is 0 Å². The number of anilines is 2. The number of imide groups is 1. The molecule has 3 aromatic carbocycles. The van der Waals surface area contributed by atoms with Gasteiger partial charge in [0.1, 0.15) is 5.75 Å². The summed E-state index contributed by atoms with van der Waals surface area (Å²) in [7, 11) is 0. The number of benzene rings is 3. The zero-order valence-corrected chi connectivity index (χ0v) is 19.5. The molecule has 2 heterocycles. The molecule has 0 spiro atoms. The molecule has 0 bridgehead atoms. The van der Waals surface area contributed by atoms with Crippen LogP contribution in [0.15, 0.2) is 78.9 Å². The molecule has 0 saturated carbocycles. The number of carbonyl (C=O) groups excluding carboxylic acids is 4. The largest absolute Gasteiger partial charge is 0.426 e. The second-order valence-electron chi connectivity index (χ2n) is 9.49. The molecule has 0 aromatic heterocycles. The van der Waals surface area contributed by atoms with Gasteiger partial charge in [-0.25, -0.2) is 0 Å². The van der Waals surface area contributed by atoms with E-state index in [1.54, 1.807) is 29.2 Å². The van der Waals surface area contributed by atoms with Gasteiger partial charge in [-0.1, -0.05) is 48.6 Å². The molecule has 1 aliphatic carbocycles. The van der Waals surface area contributed by atoms with Crippen LogP contribution in [0, 0.1) is 17.8 Å². The van der Waals surface area contributed by atoms with E-state index in [0.717, 1.165) is 16.5 Å². The molecule has 7 nitrogen and oxygen atoms in total. The third kappa shape index (κ3) is 3.68. The summed E-state index contributed by atoms with van der Waals surface area (Å²) in [6.45, 7) is 0.247. The standard InChI is InChI=1S/C29H24N2O5/c32-26-16-19(17-30(26)25-11-5-7-18-6-1-2-8-22(18)25)29(35)36-21-14-12-20(13-15-21)31-27(33)23-9-3-4-10-24(23)28(31)34/h1-8,11-15,19,23-24H,9-10,16-17H2/t19-,23-,24-/m1/s1. The van der Waals surface area contributed by atoms with Crippen LogP contribution in [0.25, 0.3) is 10.8 Å². The van der Waals surface area contributed by atoms with E-state index in [4.69, 9.17) is 4.74 Å². The van der Waals surface area contributed by atoms with E-state index in [1.165, 1.54) is 4.90 Å². The molecular weight excluding hydrogens is 456 g/mol. The zero-order chi connectivity index (χ0) is 24.8. The van der Waals surface area contributed by atoms with Crippen molar-refractivity contribution in [2.75, 3.05) is 16.3 Å². The van der Waals surface area contributed by atoms with Crippen molar-refractivity contribution in [2.24, 2.45) is 17.8 Å². The van der Waals surface area contributed by atoms with Gasteiger partial charge in [0.25, 0.3) is 0 Å². The Morgan fingerprint density at radius 1 is 0.806 bits per heavy atom. The highest BCUT2D eigenvalue weighted by Crippen LogP contribution is 2.38. The molecule has 36 heavy (non-hydrogen) atoms. The molecule has 7 heteroatoms. The first-order valence-corrected chi connectivity index (χ1v) is 12.1. The maximum absolute atomic E-state index is 12.9. The predicted molar refractivity (Wildman–Crippen MR) is 134 cm³/mol. The molecule has 3 atom stereocenters. The van der Waals surface area contributed by atoms with Crippen molar-refractivity contribution in [3.05, 3.63) is 78.9 Å². The van der Waals surface area contributed by atoms with Gasteiger partial charge in [0, 0.05) is 18.4 Å². The maximum atomic E-state index is 12.9. The lowest BCUT2D eigenvalue weighted by Crippen LogP contribution is -2.30. The van der Waals surface area contributed by atoms with Crippen LogP contribution in [0.1, 0.15) is 19.3 Å². The summed E-state index contributed by atoms with van der Waals surface area (Å²) >= 11 is 0. The fourth-order valence-electron chi connectivity index (χ4n) is 5.46. The van der Waals surface area contributed by atoms with Crippen molar-refractivity contribution in [3.8, 4) is 5.75 Å². The van der Waals surface area contributed by atoms with Crippen LogP contribution in [0.3, 0.4) is 0 Å². The van der Waals surface area contributed by atoms with Crippen LogP contribution in [0.4, 0.5) is 11.4 Å². The third-order valence-corrected chi connectivity index (χ3v) is 7.34. The number of hydrogen-bond acceptors (Lipinski definition) is 5. The number of amides is 3. The highest BCUT2D eigenvalue weighted by Gasteiger charge is 2.47. The number of esters is 1. The Hall–Kier alpha value is -4.26. The molecular formula is C29H24N2O5. The fourth-order valence-corrected chi connectivity index (χ4v) is 5.46. The van der Waals surface area contributed by atoms with E-state index in [0.29, 0.717) is 24.3 Å². The topological polar surface area (TPSA) is 84.0 Å². The Kier molecular flexibility index (Phi) is 5.40. The van der Waals surface area contributed by atoms with E-state index in [-0.39, 0.29) is 42.5 Å². The van der Waals surface area contributed by atoms with Gasteiger partial charge in [0.05, 0.1) is 29.1 Å². The lowest BCUT2D eigenvalue weighted by Gasteiger charge is -2.19. The van der Waals surface area contributed by atoms with Crippen molar-refractivity contribution in [1.29, 1.82) is 0 Å². The highest BCUT2D eigenvalue weighted by molar-refractivity contribution is 6.22. The zero-order valence-electron chi connectivity index (χ0n) is 19.5. The van der Waals surface area contributed by atoms with E-state index < -0.39 is 11.9 Å². The maximum Gasteiger partial charge on any atom is 0.316 e. The first-order valence-electron chi connectivity index (χ1n) is 12.1. The van der Waals surface area contributed by atoms with Crippen LogP contribution >= 0.6 is 0 Å². The molecule has 2 saturated heterocycles. The Labute approximate surface area is 207 Å². The summed E-state index contributed by atoms with van der Waals surface area (Å²) in [4.78, 5) is 54.2. The molecule has 180 valence electrons. The van der Waals surface area contributed by atoms with E-state index in [2.05, 4.69) is 0 Å². The quantitative estimate of drug-likeness (QED) is 0.241. The second-order valence-corrected chi connectivity index (χ2v) is 9.49. The number of carbonyl (C=O) groups is 4. The van der Waals surface area contributed by atoms with Crippen molar-refractivity contribution in [2.45, 2.75) is 19.3 Å². The molecule has 6 rings (SSSR count). The number of nitrogens with zero attached hydrogens (tertiary/aromatic N) is 2. The Morgan fingerprint density at radius 3 is 2.19 bits per heavy atom. The van der Waals surface area contributed by atoms with E-state index >= 15 is 0 Å². The smallest absolute Gasteiger partial charge is 0.316 e. The third-order valence-electron chi connectivity index (χ3n) is 7.34. The van der Waals surface area contributed by atoms with Gasteiger partial charge in [-0.05, 0) is 48.6 Å². The molecule has 3 amide bonds. The minimum absolute atomic E-state index is 0.0771. The Bertz CT molecular complexity index is 1400. The number of allylic oxidation sites excluding steroid dienone is 2. The molecule has 3 aliphatic rings. The Morgan fingerprint density at radius 2 is 1.47 bits per heavy atom. The Balaban J connectivity index is 1.14. The second kappa shape index (κ2) is 8.75. The van der Waals surface area contributed by atoms with Gasteiger partial charge < -0.3 is 9.64 Å².